The number of hydrogen-bond donors (Lipinski definition) is 1. The van der Waals surface area contributed by atoms with Crippen LogP contribution in [0, 0.1) is 13.8 Å². The van der Waals surface area contributed by atoms with Gasteiger partial charge in [-0.05, 0) is 51.2 Å². The van der Waals surface area contributed by atoms with Gasteiger partial charge in [0.05, 0.1) is 5.69 Å². The number of nitrogens with one attached hydrogen (secondary N) is 1. The molecule has 26 heavy (non-hydrogen) atoms. The standard InChI is InChI=1S/C20H27N5O/c1-14-10-18(21-12-14)20(26)25-9-5-6-16(13-25)17-11-19(23-15(2)22-17)24-7-3-4-8-24/h10-12,16,21H,3-9,13H2,1-2H3. The zero-order valence-electron chi connectivity index (χ0n) is 15.7. The highest BCUT2D eigenvalue weighted by molar-refractivity contribution is 5.92. The third-order valence-corrected chi connectivity index (χ3v) is 5.46. The molecule has 1 unspecified atom stereocenters. The maximum atomic E-state index is 12.8. The molecule has 4 rings (SSSR count). The van der Waals surface area contributed by atoms with Crippen LogP contribution >= 0.6 is 0 Å². The number of aromatic nitrogens is 3. The first-order valence-corrected chi connectivity index (χ1v) is 9.65. The summed E-state index contributed by atoms with van der Waals surface area (Å²) in [6, 6.07) is 4.07. The van der Waals surface area contributed by atoms with Gasteiger partial charge in [0.1, 0.15) is 17.3 Å². The van der Waals surface area contributed by atoms with Crippen molar-refractivity contribution in [3.8, 4) is 0 Å². The lowest BCUT2D eigenvalue weighted by atomic mass is 9.94. The van der Waals surface area contributed by atoms with Gasteiger partial charge >= 0.3 is 0 Å². The van der Waals surface area contributed by atoms with Crippen LogP contribution in [0.3, 0.4) is 0 Å². The van der Waals surface area contributed by atoms with Crippen molar-refractivity contribution in [3.05, 3.63) is 41.1 Å². The van der Waals surface area contributed by atoms with Crippen molar-refractivity contribution in [2.75, 3.05) is 31.1 Å². The molecule has 138 valence electrons. The van der Waals surface area contributed by atoms with E-state index in [9.17, 15) is 4.79 Å². The molecular formula is C20H27N5O. The lowest BCUT2D eigenvalue weighted by molar-refractivity contribution is 0.0700. The van der Waals surface area contributed by atoms with Gasteiger partial charge in [0.15, 0.2) is 0 Å². The second-order valence-corrected chi connectivity index (χ2v) is 7.57. The van der Waals surface area contributed by atoms with Gasteiger partial charge in [-0.2, -0.15) is 0 Å². The van der Waals surface area contributed by atoms with Crippen LogP contribution in [0.25, 0.3) is 0 Å². The number of anilines is 1. The molecule has 6 heteroatoms. The third kappa shape index (κ3) is 3.45. The topological polar surface area (TPSA) is 65.1 Å². The van der Waals surface area contributed by atoms with E-state index in [0.717, 1.165) is 61.9 Å². The summed E-state index contributed by atoms with van der Waals surface area (Å²) in [5.74, 6) is 2.25. The van der Waals surface area contributed by atoms with E-state index in [4.69, 9.17) is 4.98 Å². The number of H-pyrrole nitrogens is 1. The predicted octanol–water partition coefficient (Wildman–Crippen LogP) is 3.04. The Labute approximate surface area is 154 Å². The monoisotopic (exact) mass is 353 g/mol. The maximum absolute atomic E-state index is 12.8. The molecule has 0 spiro atoms. The molecule has 1 N–H and O–H groups in total. The molecule has 1 amide bonds. The van der Waals surface area contributed by atoms with Crippen molar-refractivity contribution in [3.63, 3.8) is 0 Å². The summed E-state index contributed by atoms with van der Waals surface area (Å²) < 4.78 is 0. The van der Waals surface area contributed by atoms with E-state index in [-0.39, 0.29) is 11.8 Å². The molecule has 2 aromatic heterocycles. The molecule has 2 aromatic rings. The molecule has 2 fully saturated rings. The minimum absolute atomic E-state index is 0.0911. The summed E-state index contributed by atoms with van der Waals surface area (Å²) in [5, 5.41) is 0. The molecule has 0 saturated carbocycles. The SMILES string of the molecule is Cc1c[nH]c(C(=O)N2CCCC(c3cc(N4CCCC4)nc(C)n3)C2)c1. The van der Waals surface area contributed by atoms with E-state index in [1.165, 1.54) is 12.8 Å². The predicted molar refractivity (Wildman–Crippen MR) is 102 cm³/mol. The maximum Gasteiger partial charge on any atom is 0.270 e. The third-order valence-electron chi connectivity index (χ3n) is 5.46. The van der Waals surface area contributed by atoms with Crippen molar-refractivity contribution in [1.29, 1.82) is 0 Å². The van der Waals surface area contributed by atoms with Crippen LogP contribution in [0.15, 0.2) is 18.3 Å². The van der Waals surface area contributed by atoms with Crippen LogP contribution in [-0.2, 0) is 0 Å². The average molecular weight is 353 g/mol. The second-order valence-electron chi connectivity index (χ2n) is 7.57. The van der Waals surface area contributed by atoms with Gasteiger partial charge in [-0.15, -0.1) is 0 Å². The van der Waals surface area contributed by atoms with Crippen LogP contribution in [0.5, 0.6) is 0 Å². The van der Waals surface area contributed by atoms with Gasteiger partial charge in [-0.1, -0.05) is 0 Å². The van der Waals surface area contributed by atoms with Gasteiger partial charge in [-0.3, -0.25) is 4.79 Å². The van der Waals surface area contributed by atoms with Gasteiger partial charge in [-0.25, -0.2) is 9.97 Å². The first-order chi connectivity index (χ1) is 12.6. The zero-order chi connectivity index (χ0) is 18.1. The highest BCUT2D eigenvalue weighted by atomic mass is 16.2. The van der Waals surface area contributed by atoms with E-state index in [1.807, 2.05) is 31.0 Å². The van der Waals surface area contributed by atoms with Gasteiger partial charge < -0.3 is 14.8 Å². The quantitative estimate of drug-likeness (QED) is 0.921. The smallest absolute Gasteiger partial charge is 0.270 e. The van der Waals surface area contributed by atoms with Crippen molar-refractivity contribution in [2.24, 2.45) is 0 Å². The Morgan fingerprint density at radius 3 is 2.65 bits per heavy atom. The number of piperidine rings is 1. The van der Waals surface area contributed by atoms with Crippen molar-refractivity contribution in [1.82, 2.24) is 19.9 Å². The summed E-state index contributed by atoms with van der Waals surface area (Å²) in [4.78, 5) is 29.6. The first-order valence-electron chi connectivity index (χ1n) is 9.65. The number of aromatic amines is 1. The molecular weight excluding hydrogens is 326 g/mol. The van der Waals surface area contributed by atoms with Crippen LogP contribution in [0.4, 0.5) is 5.82 Å². The van der Waals surface area contributed by atoms with E-state index in [2.05, 4.69) is 20.9 Å². The zero-order valence-corrected chi connectivity index (χ0v) is 15.7. The molecule has 4 heterocycles. The van der Waals surface area contributed by atoms with Crippen molar-refractivity contribution in [2.45, 2.75) is 45.4 Å². The van der Waals surface area contributed by atoms with E-state index in [0.29, 0.717) is 5.69 Å². The highest BCUT2D eigenvalue weighted by Gasteiger charge is 2.28. The van der Waals surface area contributed by atoms with E-state index < -0.39 is 0 Å². The molecule has 0 radical (unpaired) electrons. The molecule has 0 aliphatic carbocycles. The van der Waals surface area contributed by atoms with Crippen LogP contribution in [0.2, 0.25) is 0 Å². The largest absolute Gasteiger partial charge is 0.357 e. The molecule has 0 bridgehead atoms. The first kappa shape index (κ1) is 17.1. The number of hydrogen-bond acceptors (Lipinski definition) is 4. The van der Waals surface area contributed by atoms with Crippen molar-refractivity contribution < 1.29 is 4.79 Å². The van der Waals surface area contributed by atoms with Gasteiger partial charge in [0, 0.05) is 44.4 Å². The van der Waals surface area contributed by atoms with Gasteiger partial charge in [0.25, 0.3) is 5.91 Å². The molecule has 0 aromatic carbocycles. The van der Waals surface area contributed by atoms with Crippen LogP contribution in [0.1, 0.15) is 59.2 Å². The number of carbonyl (C=O) groups excluding carboxylic acids is 1. The molecule has 1 atom stereocenters. The Kier molecular flexibility index (Phi) is 4.66. The van der Waals surface area contributed by atoms with Crippen LogP contribution < -0.4 is 4.90 Å². The molecule has 2 aliphatic rings. The second kappa shape index (κ2) is 7.09. The number of rotatable bonds is 3. The fraction of sp³-hybridized carbons (Fsp3) is 0.550. The summed E-state index contributed by atoms with van der Waals surface area (Å²) in [6.45, 7) is 7.67. The summed E-state index contributed by atoms with van der Waals surface area (Å²) in [5.41, 5.74) is 2.85. The summed E-state index contributed by atoms with van der Waals surface area (Å²) >= 11 is 0. The summed E-state index contributed by atoms with van der Waals surface area (Å²) in [7, 11) is 0. The number of amides is 1. The number of nitrogens with zero attached hydrogens (tertiary/aromatic N) is 4. The lowest BCUT2D eigenvalue weighted by Crippen LogP contribution is -2.39. The molecule has 6 nitrogen and oxygen atoms in total. The van der Waals surface area contributed by atoms with Crippen molar-refractivity contribution >= 4 is 11.7 Å². The Hall–Kier alpha value is -2.37. The number of aryl methyl sites for hydroxylation is 2. The van der Waals surface area contributed by atoms with E-state index in [1.54, 1.807) is 0 Å². The number of likely N-dealkylation sites (tertiary alicyclic amines) is 1. The van der Waals surface area contributed by atoms with Crippen LogP contribution in [-0.4, -0.2) is 51.9 Å². The highest BCUT2D eigenvalue weighted by Crippen LogP contribution is 2.29. The Bertz CT molecular complexity index is 793. The average Bonchev–Trinajstić information content (AvgIpc) is 3.32. The fourth-order valence-electron chi connectivity index (χ4n) is 4.09. The summed E-state index contributed by atoms with van der Waals surface area (Å²) in [6.07, 6.45) is 6.44. The lowest BCUT2D eigenvalue weighted by Gasteiger charge is -2.32. The Morgan fingerprint density at radius 1 is 1.12 bits per heavy atom. The van der Waals surface area contributed by atoms with E-state index >= 15 is 0 Å². The fourth-order valence-corrected chi connectivity index (χ4v) is 4.09. The normalized spacial score (nSPS) is 20.6. The Balaban J connectivity index is 1.53. The molecule has 2 saturated heterocycles. The molecule has 2 aliphatic heterocycles. The van der Waals surface area contributed by atoms with Gasteiger partial charge in [0.2, 0.25) is 0 Å². The Morgan fingerprint density at radius 2 is 1.92 bits per heavy atom. The minimum Gasteiger partial charge on any atom is -0.357 e. The number of carbonyl (C=O) groups is 1. The minimum atomic E-state index is 0.0911.